The van der Waals surface area contributed by atoms with Gasteiger partial charge in [0.15, 0.2) is 0 Å². The molecule has 1 unspecified atom stereocenters. The van der Waals surface area contributed by atoms with Gasteiger partial charge in [0.25, 0.3) is 0 Å². The molecule has 4 nitrogen and oxygen atoms in total. The van der Waals surface area contributed by atoms with Crippen molar-refractivity contribution in [1.29, 1.82) is 0 Å². The summed E-state index contributed by atoms with van der Waals surface area (Å²) < 4.78 is 10.6. The maximum atomic E-state index is 10.6. The molecule has 5 heteroatoms. The minimum atomic E-state index is -3.30. The molecule has 0 spiro atoms. The largest absolute Gasteiger partial charge is 0.383 e. The van der Waals surface area contributed by atoms with Crippen molar-refractivity contribution in [3.8, 4) is 0 Å². The second-order valence-electron chi connectivity index (χ2n) is 2.00. The van der Waals surface area contributed by atoms with E-state index in [0.29, 0.717) is 0 Å². The van der Waals surface area contributed by atoms with Crippen LogP contribution in [0.5, 0.6) is 0 Å². The Morgan fingerprint density at radius 1 is 1.78 bits per heavy atom. The van der Waals surface area contributed by atoms with Crippen LogP contribution in [-0.4, -0.2) is 29.1 Å². The standard InChI is InChI=1S/C4H12NO3P/c1-9(7,8)4(6)2-3-5/h4,6H,2-3,5H2,1H3,(H,7,8)/t4-/m1/s1. The summed E-state index contributed by atoms with van der Waals surface area (Å²) in [6.45, 7) is 1.35. The molecular weight excluding hydrogens is 141 g/mol. The van der Waals surface area contributed by atoms with Crippen molar-refractivity contribution in [2.75, 3.05) is 13.2 Å². The lowest BCUT2D eigenvalue weighted by Gasteiger charge is -2.11. The van der Waals surface area contributed by atoms with Gasteiger partial charge in [0, 0.05) is 6.66 Å². The Labute approximate surface area is 54.1 Å². The van der Waals surface area contributed by atoms with Crippen LogP contribution >= 0.6 is 7.37 Å². The summed E-state index contributed by atoms with van der Waals surface area (Å²) in [5.41, 5.74) is 5.03. The van der Waals surface area contributed by atoms with E-state index < -0.39 is 13.2 Å². The Kier molecular flexibility index (Phi) is 3.36. The average molecular weight is 153 g/mol. The molecule has 0 fully saturated rings. The Morgan fingerprint density at radius 2 is 2.22 bits per heavy atom. The lowest BCUT2D eigenvalue weighted by Crippen LogP contribution is -2.12. The van der Waals surface area contributed by atoms with Crippen LogP contribution in [0.3, 0.4) is 0 Å². The topological polar surface area (TPSA) is 83.5 Å². The van der Waals surface area contributed by atoms with Crippen LogP contribution in [0.2, 0.25) is 0 Å². The molecule has 0 aromatic carbocycles. The predicted molar refractivity (Wildman–Crippen MR) is 35.4 cm³/mol. The van der Waals surface area contributed by atoms with E-state index in [9.17, 15) is 4.57 Å². The van der Waals surface area contributed by atoms with Crippen molar-refractivity contribution < 1.29 is 14.6 Å². The van der Waals surface area contributed by atoms with Gasteiger partial charge in [-0.3, -0.25) is 4.57 Å². The molecule has 0 heterocycles. The monoisotopic (exact) mass is 153 g/mol. The number of aliphatic hydroxyl groups is 1. The van der Waals surface area contributed by atoms with Gasteiger partial charge >= 0.3 is 0 Å². The first-order valence-corrected chi connectivity index (χ1v) is 4.84. The van der Waals surface area contributed by atoms with Gasteiger partial charge in [-0.2, -0.15) is 0 Å². The SMILES string of the molecule is CP(=O)(O)[C@@H](O)CCN. The van der Waals surface area contributed by atoms with E-state index in [4.69, 9.17) is 15.7 Å². The molecular formula is C4H12NO3P. The maximum Gasteiger partial charge on any atom is 0.225 e. The number of nitrogens with two attached hydrogens (primary N) is 1. The fraction of sp³-hybridized carbons (Fsp3) is 1.00. The third-order valence-corrected chi connectivity index (χ3v) is 2.34. The summed E-state index contributed by atoms with van der Waals surface area (Å²) in [6.07, 6.45) is 0.185. The zero-order chi connectivity index (χ0) is 7.49. The summed E-state index contributed by atoms with van der Waals surface area (Å²) in [6, 6.07) is 0. The van der Waals surface area contributed by atoms with Gasteiger partial charge < -0.3 is 15.7 Å². The first-order chi connectivity index (χ1) is 3.98. The highest BCUT2D eigenvalue weighted by atomic mass is 31.2. The fourth-order valence-corrected chi connectivity index (χ4v) is 1.02. The number of hydrogen-bond acceptors (Lipinski definition) is 3. The molecule has 0 radical (unpaired) electrons. The van der Waals surface area contributed by atoms with E-state index in [0.717, 1.165) is 6.66 Å². The van der Waals surface area contributed by atoms with E-state index in [1.807, 2.05) is 0 Å². The first kappa shape index (κ1) is 9.11. The Hall–Kier alpha value is 0.110. The van der Waals surface area contributed by atoms with Crippen LogP contribution < -0.4 is 5.73 Å². The van der Waals surface area contributed by atoms with Crippen LogP contribution in [0.25, 0.3) is 0 Å². The maximum absolute atomic E-state index is 10.6. The molecule has 0 saturated carbocycles. The molecule has 2 atom stereocenters. The number of aliphatic hydroxyl groups excluding tert-OH is 1. The van der Waals surface area contributed by atoms with Crippen molar-refractivity contribution in [2.24, 2.45) is 5.73 Å². The molecule has 9 heavy (non-hydrogen) atoms. The molecule has 0 aromatic rings. The molecule has 0 aliphatic carbocycles. The van der Waals surface area contributed by atoms with Crippen LogP contribution in [0.15, 0.2) is 0 Å². The van der Waals surface area contributed by atoms with Crippen LogP contribution in [0.1, 0.15) is 6.42 Å². The average Bonchev–Trinajstić information content (AvgIpc) is 1.64. The zero-order valence-corrected chi connectivity index (χ0v) is 6.21. The Morgan fingerprint density at radius 3 is 2.33 bits per heavy atom. The second-order valence-corrected chi connectivity index (χ2v) is 4.48. The normalized spacial score (nSPS) is 20.9. The molecule has 0 bridgehead atoms. The highest BCUT2D eigenvalue weighted by Crippen LogP contribution is 2.41. The quantitative estimate of drug-likeness (QED) is 0.479. The van der Waals surface area contributed by atoms with Gasteiger partial charge in [0.1, 0.15) is 5.85 Å². The molecule has 56 valence electrons. The third kappa shape index (κ3) is 3.65. The van der Waals surface area contributed by atoms with E-state index in [1.165, 1.54) is 0 Å². The summed E-state index contributed by atoms with van der Waals surface area (Å²) in [7, 11) is -3.30. The van der Waals surface area contributed by atoms with Crippen molar-refractivity contribution >= 4 is 7.37 Å². The van der Waals surface area contributed by atoms with Gasteiger partial charge in [0.2, 0.25) is 7.37 Å². The Balaban J connectivity index is 3.74. The van der Waals surface area contributed by atoms with Crippen LogP contribution in [-0.2, 0) is 4.57 Å². The molecule has 0 aromatic heterocycles. The summed E-state index contributed by atoms with van der Waals surface area (Å²) in [5, 5.41) is 8.79. The second kappa shape index (κ2) is 3.32. The molecule has 0 rings (SSSR count). The van der Waals surface area contributed by atoms with Crippen LogP contribution in [0.4, 0.5) is 0 Å². The van der Waals surface area contributed by atoms with Crippen molar-refractivity contribution in [3.05, 3.63) is 0 Å². The third-order valence-electron chi connectivity index (χ3n) is 0.978. The highest BCUT2D eigenvalue weighted by molar-refractivity contribution is 7.57. The lowest BCUT2D eigenvalue weighted by atomic mass is 10.5. The summed E-state index contributed by atoms with van der Waals surface area (Å²) in [5.74, 6) is -1.15. The van der Waals surface area contributed by atoms with Gasteiger partial charge in [0.05, 0.1) is 0 Å². The highest BCUT2D eigenvalue weighted by Gasteiger charge is 2.21. The minimum absolute atomic E-state index is 0.185. The molecule has 0 saturated heterocycles. The zero-order valence-electron chi connectivity index (χ0n) is 5.32. The molecule has 0 amide bonds. The minimum Gasteiger partial charge on any atom is -0.383 e. The number of hydrogen-bond donors (Lipinski definition) is 3. The van der Waals surface area contributed by atoms with Crippen molar-refractivity contribution in [2.45, 2.75) is 12.3 Å². The van der Waals surface area contributed by atoms with E-state index in [1.54, 1.807) is 0 Å². The van der Waals surface area contributed by atoms with Gasteiger partial charge in [-0.1, -0.05) is 0 Å². The Bertz CT molecular complexity index is 121. The van der Waals surface area contributed by atoms with E-state index in [2.05, 4.69) is 0 Å². The smallest absolute Gasteiger partial charge is 0.225 e. The van der Waals surface area contributed by atoms with Crippen LogP contribution in [0, 0.1) is 0 Å². The molecule has 4 N–H and O–H groups in total. The molecule has 0 aliphatic rings. The summed E-state index contributed by atoms with van der Waals surface area (Å²) in [4.78, 5) is 8.67. The first-order valence-electron chi connectivity index (χ1n) is 2.66. The summed E-state index contributed by atoms with van der Waals surface area (Å²) >= 11 is 0. The molecule has 0 aliphatic heterocycles. The predicted octanol–water partition coefficient (Wildman–Crippen LogP) is -0.446. The van der Waals surface area contributed by atoms with Gasteiger partial charge in [-0.05, 0) is 13.0 Å². The van der Waals surface area contributed by atoms with Gasteiger partial charge in [-0.25, -0.2) is 0 Å². The van der Waals surface area contributed by atoms with E-state index in [-0.39, 0.29) is 13.0 Å². The fourth-order valence-electron chi connectivity index (χ4n) is 0.389. The van der Waals surface area contributed by atoms with Crippen molar-refractivity contribution in [3.63, 3.8) is 0 Å². The van der Waals surface area contributed by atoms with Gasteiger partial charge in [-0.15, -0.1) is 0 Å². The lowest BCUT2D eigenvalue weighted by molar-refractivity contribution is 0.224. The number of rotatable bonds is 3. The van der Waals surface area contributed by atoms with Crippen molar-refractivity contribution in [1.82, 2.24) is 0 Å². The van der Waals surface area contributed by atoms with E-state index >= 15 is 0 Å².